The van der Waals surface area contributed by atoms with Crippen molar-refractivity contribution in [2.75, 3.05) is 0 Å². The largest absolute Gasteiger partial charge is 0.309 e. The Kier molecular flexibility index (Phi) is 13.7. The predicted molar refractivity (Wildman–Crippen MR) is 430 cm³/mol. The van der Waals surface area contributed by atoms with E-state index >= 15 is 0 Å². The van der Waals surface area contributed by atoms with Crippen LogP contribution in [0.4, 0.5) is 0 Å². The molecule has 20 rings (SSSR count). The van der Waals surface area contributed by atoms with Crippen LogP contribution in [0, 0.1) is 0 Å². The average Bonchev–Trinajstić information content (AvgIpc) is 1.59. The summed E-state index contributed by atoms with van der Waals surface area (Å²) in [5.74, 6) is 0. The summed E-state index contributed by atoms with van der Waals surface area (Å²) < 4.78 is 10.2. The first-order chi connectivity index (χ1) is 49.5. The van der Waals surface area contributed by atoms with Gasteiger partial charge in [0.05, 0.1) is 22.1 Å². The quantitative estimate of drug-likeness (QED) is 0.122. The van der Waals surface area contributed by atoms with Crippen molar-refractivity contribution in [1.29, 1.82) is 0 Å². The van der Waals surface area contributed by atoms with E-state index < -0.39 is 0 Å². The number of fused-ring (bicyclic) bond motifs is 12. The fraction of sp³-hybridized carbons (Fsp3) is 0. The maximum atomic E-state index is 2.46. The Morgan fingerprint density at radius 1 is 0.160 bits per heavy atom. The molecule has 466 valence electrons. The van der Waals surface area contributed by atoms with Crippen LogP contribution in [0.5, 0.6) is 0 Å². The van der Waals surface area contributed by atoms with E-state index in [2.05, 4.69) is 373 Å². The highest BCUT2D eigenvalue weighted by Gasteiger charge is 2.20. The van der Waals surface area contributed by atoms with Gasteiger partial charge in [0.15, 0.2) is 0 Å². The second kappa shape index (κ2) is 23.7. The van der Waals surface area contributed by atoms with Gasteiger partial charge in [-0.15, -0.1) is 22.7 Å². The third-order valence-corrected chi connectivity index (χ3v) is 23.1. The van der Waals surface area contributed by atoms with Crippen molar-refractivity contribution in [2.45, 2.75) is 0 Å². The Morgan fingerprint density at radius 2 is 0.450 bits per heavy atom. The van der Waals surface area contributed by atoms with Gasteiger partial charge in [-0.3, -0.25) is 0 Å². The second-order valence-electron chi connectivity index (χ2n) is 26.3. The van der Waals surface area contributed by atoms with Crippen LogP contribution in [0.15, 0.2) is 364 Å². The van der Waals surface area contributed by atoms with Crippen LogP contribution < -0.4 is 0 Å². The summed E-state index contributed by atoms with van der Waals surface area (Å²) in [5, 5.41) is 10.2. The SMILES string of the molecule is c1ccc(-c2ccc3c(c2)c2cc(-c4cccc(-c5ccc(-c6ccc7c8ccc(-c9ccccc9)cc8n(-c8ccc(-c9ccc(-c%10cccc%11c%10sc%10ccccc%10%11)cc9)cc8)c7c6)cc5)c4)ccc2n3-c2ccc(-c3ccc(-c4cccc5c4sc4ccccc45)cc3)cc2)cc1. The molecule has 0 N–H and O–H groups in total. The molecule has 0 saturated heterocycles. The van der Waals surface area contributed by atoms with Crippen LogP contribution in [0.3, 0.4) is 0 Å². The summed E-state index contributed by atoms with van der Waals surface area (Å²) in [6, 6.07) is 135. The highest BCUT2D eigenvalue weighted by Crippen LogP contribution is 2.45. The van der Waals surface area contributed by atoms with Crippen LogP contribution >= 0.6 is 22.7 Å². The van der Waals surface area contributed by atoms with E-state index in [1.807, 2.05) is 22.7 Å². The first kappa shape index (κ1) is 57.8. The van der Waals surface area contributed by atoms with E-state index in [0.717, 1.165) is 11.4 Å². The molecule has 0 aliphatic rings. The Bertz CT molecular complexity index is 6570. The number of benzene rings is 16. The van der Waals surface area contributed by atoms with Crippen molar-refractivity contribution in [3.05, 3.63) is 364 Å². The molecule has 0 saturated carbocycles. The molecule has 4 heterocycles. The van der Waals surface area contributed by atoms with Crippen LogP contribution in [-0.4, -0.2) is 9.13 Å². The number of aromatic nitrogens is 2. The van der Waals surface area contributed by atoms with Gasteiger partial charge >= 0.3 is 0 Å². The van der Waals surface area contributed by atoms with Gasteiger partial charge in [-0.1, -0.05) is 285 Å². The van der Waals surface area contributed by atoms with Gasteiger partial charge in [-0.05, 0) is 179 Å². The molecule has 20 aromatic rings. The van der Waals surface area contributed by atoms with Gasteiger partial charge in [0, 0.05) is 73.3 Å². The van der Waals surface area contributed by atoms with Crippen LogP contribution in [-0.2, 0) is 0 Å². The zero-order valence-corrected chi connectivity index (χ0v) is 56.0. The zero-order valence-electron chi connectivity index (χ0n) is 54.4. The molecule has 4 heteroatoms. The molecule has 0 unspecified atom stereocenters. The highest BCUT2D eigenvalue weighted by molar-refractivity contribution is 7.26. The fourth-order valence-corrected chi connectivity index (χ4v) is 18.0. The number of hydrogen-bond acceptors (Lipinski definition) is 2. The van der Waals surface area contributed by atoms with Crippen molar-refractivity contribution in [3.8, 4) is 112 Å². The van der Waals surface area contributed by atoms with E-state index in [9.17, 15) is 0 Å². The Morgan fingerprint density at radius 3 is 0.900 bits per heavy atom. The van der Waals surface area contributed by atoms with Crippen LogP contribution in [0.2, 0.25) is 0 Å². The maximum absolute atomic E-state index is 2.46. The average molecular weight is 1310 g/mol. The maximum Gasteiger partial charge on any atom is 0.0547 e. The summed E-state index contributed by atoms with van der Waals surface area (Å²) in [4.78, 5) is 0. The van der Waals surface area contributed by atoms with Crippen molar-refractivity contribution in [1.82, 2.24) is 9.13 Å². The lowest BCUT2D eigenvalue weighted by Crippen LogP contribution is -1.94. The molecule has 0 amide bonds. The molecule has 2 nitrogen and oxygen atoms in total. The van der Waals surface area contributed by atoms with Crippen molar-refractivity contribution in [2.24, 2.45) is 0 Å². The number of thiophene rings is 2. The van der Waals surface area contributed by atoms with E-state index in [0.29, 0.717) is 0 Å². The number of rotatable bonds is 11. The van der Waals surface area contributed by atoms with Gasteiger partial charge < -0.3 is 9.13 Å². The summed E-state index contributed by atoms with van der Waals surface area (Å²) in [5.41, 5.74) is 28.6. The van der Waals surface area contributed by atoms with E-state index in [4.69, 9.17) is 0 Å². The topological polar surface area (TPSA) is 9.86 Å². The predicted octanol–water partition coefficient (Wildman–Crippen LogP) is 27.6. The smallest absolute Gasteiger partial charge is 0.0547 e. The van der Waals surface area contributed by atoms with Gasteiger partial charge in [-0.25, -0.2) is 0 Å². The summed E-state index contributed by atoms with van der Waals surface area (Å²) >= 11 is 3.76. The second-order valence-corrected chi connectivity index (χ2v) is 28.4. The lowest BCUT2D eigenvalue weighted by Gasteiger charge is -2.12. The van der Waals surface area contributed by atoms with E-state index in [1.165, 1.54) is 184 Å². The van der Waals surface area contributed by atoms with E-state index in [1.54, 1.807) is 0 Å². The van der Waals surface area contributed by atoms with Gasteiger partial charge in [-0.2, -0.15) is 0 Å². The summed E-state index contributed by atoms with van der Waals surface area (Å²) in [7, 11) is 0. The lowest BCUT2D eigenvalue weighted by molar-refractivity contribution is 1.18. The van der Waals surface area contributed by atoms with Crippen molar-refractivity contribution < 1.29 is 0 Å². The minimum absolute atomic E-state index is 1.12. The first-order valence-electron chi connectivity index (χ1n) is 34.3. The van der Waals surface area contributed by atoms with Gasteiger partial charge in [0.2, 0.25) is 0 Å². The molecule has 16 aromatic carbocycles. The molecule has 0 spiro atoms. The van der Waals surface area contributed by atoms with Crippen LogP contribution in [0.1, 0.15) is 0 Å². The molecule has 0 atom stereocenters. The highest BCUT2D eigenvalue weighted by atomic mass is 32.1. The van der Waals surface area contributed by atoms with Crippen molar-refractivity contribution >= 4 is 107 Å². The van der Waals surface area contributed by atoms with Crippen molar-refractivity contribution in [3.63, 3.8) is 0 Å². The molecule has 4 aromatic heterocycles. The number of hydrogen-bond donors (Lipinski definition) is 0. The third-order valence-electron chi connectivity index (χ3n) is 20.6. The van der Waals surface area contributed by atoms with Crippen LogP contribution in [0.25, 0.3) is 195 Å². The Hall–Kier alpha value is -12.4. The Balaban J connectivity index is 0.608. The first-order valence-corrected chi connectivity index (χ1v) is 35.9. The lowest BCUT2D eigenvalue weighted by atomic mass is 9.96. The summed E-state index contributed by atoms with van der Waals surface area (Å²) in [6.45, 7) is 0. The van der Waals surface area contributed by atoms with Gasteiger partial charge in [0.1, 0.15) is 0 Å². The van der Waals surface area contributed by atoms with E-state index in [-0.39, 0.29) is 0 Å². The molecule has 0 radical (unpaired) electrons. The fourth-order valence-electron chi connectivity index (χ4n) is 15.6. The molecule has 0 bridgehead atoms. The standard InChI is InChI=1S/C96H60N2S2/c1-3-14-61(15-4-1)73-46-54-89-87(57-73)88-58-74(47-55-90(88)97(89)77-48-40-65(41-49-77)63-32-36-69(37-33-63)79-22-12-24-85-83-20-7-9-26-93(83)99-95(79)85)72-19-11-18-71(56-72)67-28-30-68(31-29-67)76-45-53-82-81-52-44-75(62-16-5-2-6-17-62)59-91(81)98(92(82)60-76)78-50-42-66(43-51-78)64-34-38-70(39-35-64)80-23-13-25-86-84-21-8-10-27-94(84)100-96(80)86/h1-60H. The molecular weight excluding hydrogens is 1250 g/mol. The third kappa shape index (κ3) is 9.82. The monoisotopic (exact) mass is 1300 g/mol. The Labute approximate surface area is 587 Å². The summed E-state index contributed by atoms with van der Waals surface area (Å²) in [6.07, 6.45) is 0. The molecule has 0 aliphatic carbocycles. The molecular formula is C96H60N2S2. The van der Waals surface area contributed by atoms with Gasteiger partial charge in [0.25, 0.3) is 0 Å². The minimum Gasteiger partial charge on any atom is -0.309 e. The number of nitrogens with zero attached hydrogens (tertiary/aromatic N) is 2. The molecule has 0 aliphatic heterocycles. The zero-order chi connectivity index (χ0) is 65.8. The minimum atomic E-state index is 1.12. The normalized spacial score (nSPS) is 11.8. The molecule has 100 heavy (non-hydrogen) atoms. The molecule has 0 fully saturated rings.